The second-order valence-corrected chi connectivity index (χ2v) is 4.82. The Labute approximate surface area is 89.1 Å². The fraction of sp³-hybridized carbons (Fsp3) is 0.700. The number of thiazole rings is 1. The van der Waals surface area contributed by atoms with Gasteiger partial charge in [0.25, 0.3) is 0 Å². The van der Waals surface area contributed by atoms with Crippen molar-refractivity contribution < 1.29 is 0 Å². The first-order valence-electron chi connectivity index (χ1n) is 5.14. The molecule has 0 aromatic carbocycles. The van der Waals surface area contributed by atoms with Crippen LogP contribution in [-0.2, 0) is 0 Å². The van der Waals surface area contributed by atoms with Gasteiger partial charge in [-0.05, 0) is 13.8 Å². The van der Waals surface area contributed by atoms with Crippen LogP contribution in [-0.4, -0.2) is 36.1 Å². The van der Waals surface area contributed by atoms with Crippen LogP contribution in [0.5, 0.6) is 0 Å². The van der Waals surface area contributed by atoms with E-state index in [9.17, 15) is 0 Å². The molecule has 1 aromatic rings. The summed E-state index contributed by atoms with van der Waals surface area (Å²) in [7, 11) is 0. The highest BCUT2D eigenvalue weighted by Crippen LogP contribution is 2.21. The molecule has 14 heavy (non-hydrogen) atoms. The molecule has 1 fully saturated rings. The average Bonchev–Trinajstić information content (AvgIpc) is 2.65. The Hall–Kier alpha value is -0.450. The van der Waals surface area contributed by atoms with E-state index in [4.69, 9.17) is 0 Å². The van der Waals surface area contributed by atoms with E-state index in [0.29, 0.717) is 6.04 Å². The number of nitrogens with one attached hydrogen (secondary N) is 1. The molecule has 0 bridgehead atoms. The third-order valence-electron chi connectivity index (χ3n) is 2.76. The van der Waals surface area contributed by atoms with Crippen molar-refractivity contribution in [2.45, 2.75) is 19.9 Å². The molecule has 1 aromatic heterocycles. The van der Waals surface area contributed by atoms with Crippen molar-refractivity contribution in [3.8, 4) is 0 Å². The fourth-order valence-corrected chi connectivity index (χ4v) is 2.53. The number of aryl methyl sites for hydroxylation is 1. The van der Waals surface area contributed by atoms with E-state index >= 15 is 0 Å². The number of piperazine rings is 1. The van der Waals surface area contributed by atoms with Crippen molar-refractivity contribution in [1.29, 1.82) is 0 Å². The molecule has 0 aliphatic carbocycles. The molecule has 1 unspecified atom stereocenters. The first kappa shape index (κ1) is 10.1. The van der Waals surface area contributed by atoms with E-state index in [1.54, 1.807) is 11.3 Å². The SMILES string of the molecule is Cc1nc(C(C)N2CCNCC2)cs1. The topological polar surface area (TPSA) is 28.2 Å². The van der Waals surface area contributed by atoms with Gasteiger partial charge in [0, 0.05) is 31.6 Å². The van der Waals surface area contributed by atoms with Crippen LogP contribution in [0.15, 0.2) is 5.38 Å². The zero-order valence-corrected chi connectivity index (χ0v) is 9.60. The van der Waals surface area contributed by atoms with E-state index in [1.807, 2.05) is 0 Å². The molecule has 1 atom stereocenters. The lowest BCUT2D eigenvalue weighted by Gasteiger charge is -2.31. The summed E-state index contributed by atoms with van der Waals surface area (Å²) in [6.45, 7) is 8.80. The predicted molar refractivity (Wildman–Crippen MR) is 59.7 cm³/mol. The van der Waals surface area contributed by atoms with Crippen LogP contribution < -0.4 is 5.32 Å². The van der Waals surface area contributed by atoms with Gasteiger partial charge in [0.15, 0.2) is 0 Å². The van der Waals surface area contributed by atoms with Gasteiger partial charge in [-0.1, -0.05) is 0 Å². The molecule has 0 spiro atoms. The van der Waals surface area contributed by atoms with Crippen molar-refractivity contribution in [2.24, 2.45) is 0 Å². The first-order valence-corrected chi connectivity index (χ1v) is 6.02. The molecule has 1 N–H and O–H groups in total. The van der Waals surface area contributed by atoms with Crippen molar-refractivity contribution in [1.82, 2.24) is 15.2 Å². The van der Waals surface area contributed by atoms with Gasteiger partial charge >= 0.3 is 0 Å². The summed E-state index contributed by atoms with van der Waals surface area (Å²) in [4.78, 5) is 7.03. The molecule has 3 nitrogen and oxygen atoms in total. The van der Waals surface area contributed by atoms with Crippen LogP contribution >= 0.6 is 11.3 Å². The minimum Gasteiger partial charge on any atom is -0.314 e. The van der Waals surface area contributed by atoms with E-state index < -0.39 is 0 Å². The van der Waals surface area contributed by atoms with Gasteiger partial charge in [-0.2, -0.15) is 0 Å². The van der Waals surface area contributed by atoms with Gasteiger partial charge in [0.2, 0.25) is 0 Å². The summed E-state index contributed by atoms with van der Waals surface area (Å²) in [5.74, 6) is 0. The Morgan fingerprint density at radius 3 is 2.79 bits per heavy atom. The van der Waals surface area contributed by atoms with Crippen molar-refractivity contribution in [3.63, 3.8) is 0 Å². The lowest BCUT2D eigenvalue weighted by Crippen LogP contribution is -2.44. The normalized spacial score (nSPS) is 21.0. The Morgan fingerprint density at radius 2 is 2.21 bits per heavy atom. The smallest absolute Gasteiger partial charge is 0.0898 e. The Morgan fingerprint density at radius 1 is 1.50 bits per heavy atom. The van der Waals surface area contributed by atoms with Gasteiger partial charge in [-0.3, -0.25) is 4.90 Å². The molecule has 1 saturated heterocycles. The van der Waals surface area contributed by atoms with Crippen LogP contribution in [0.4, 0.5) is 0 Å². The number of hydrogen-bond donors (Lipinski definition) is 1. The van der Waals surface area contributed by atoms with E-state index in [0.717, 1.165) is 26.2 Å². The maximum Gasteiger partial charge on any atom is 0.0898 e. The fourth-order valence-electron chi connectivity index (χ4n) is 1.83. The van der Waals surface area contributed by atoms with Gasteiger partial charge in [-0.25, -0.2) is 4.98 Å². The maximum atomic E-state index is 4.54. The zero-order valence-electron chi connectivity index (χ0n) is 8.79. The van der Waals surface area contributed by atoms with E-state index in [1.165, 1.54) is 10.7 Å². The van der Waals surface area contributed by atoms with Crippen LogP contribution in [0, 0.1) is 6.92 Å². The van der Waals surface area contributed by atoms with E-state index in [2.05, 4.69) is 34.4 Å². The van der Waals surface area contributed by atoms with Crippen molar-refractivity contribution >= 4 is 11.3 Å². The molecule has 1 aliphatic rings. The molecule has 2 rings (SSSR count). The number of nitrogens with zero attached hydrogens (tertiary/aromatic N) is 2. The highest BCUT2D eigenvalue weighted by Gasteiger charge is 2.19. The monoisotopic (exact) mass is 211 g/mol. The number of aromatic nitrogens is 1. The summed E-state index contributed by atoms with van der Waals surface area (Å²) in [6, 6.07) is 0.474. The molecule has 0 saturated carbocycles. The van der Waals surface area contributed by atoms with Gasteiger partial charge in [0.05, 0.1) is 16.7 Å². The van der Waals surface area contributed by atoms with E-state index in [-0.39, 0.29) is 0 Å². The number of rotatable bonds is 2. The summed E-state index contributed by atoms with van der Waals surface area (Å²) in [6.07, 6.45) is 0. The summed E-state index contributed by atoms with van der Waals surface area (Å²) < 4.78 is 0. The van der Waals surface area contributed by atoms with Crippen molar-refractivity contribution in [2.75, 3.05) is 26.2 Å². The predicted octanol–water partition coefficient (Wildman–Crippen LogP) is 1.42. The quantitative estimate of drug-likeness (QED) is 0.802. The minimum atomic E-state index is 0.474. The molecule has 0 radical (unpaired) electrons. The molecule has 4 heteroatoms. The molecule has 0 amide bonds. The second-order valence-electron chi connectivity index (χ2n) is 3.75. The van der Waals surface area contributed by atoms with Crippen LogP contribution in [0.3, 0.4) is 0 Å². The molecule has 2 heterocycles. The van der Waals surface area contributed by atoms with Crippen LogP contribution in [0.25, 0.3) is 0 Å². The third-order valence-corrected chi connectivity index (χ3v) is 3.56. The first-order chi connectivity index (χ1) is 6.77. The number of hydrogen-bond acceptors (Lipinski definition) is 4. The Bertz CT molecular complexity index is 291. The van der Waals surface area contributed by atoms with Crippen LogP contribution in [0.2, 0.25) is 0 Å². The highest BCUT2D eigenvalue weighted by molar-refractivity contribution is 7.09. The standard InChI is InChI=1S/C10H17N3S/c1-8(10-7-14-9(2)12-10)13-5-3-11-4-6-13/h7-8,11H,3-6H2,1-2H3. The molecular formula is C10H17N3S. The highest BCUT2D eigenvalue weighted by atomic mass is 32.1. The summed E-state index contributed by atoms with van der Waals surface area (Å²) in [5, 5.41) is 6.72. The minimum absolute atomic E-state index is 0.474. The average molecular weight is 211 g/mol. The van der Waals surface area contributed by atoms with Gasteiger partial charge in [-0.15, -0.1) is 11.3 Å². The maximum absolute atomic E-state index is 4.54. The van der Waals surface area contributed by atoms with Gasteiger partial charge < -0.3 is 5.32 Å². The third kappa shape index (κ3) is 2.13. The van der Waals surface area contributed by atoms with Crippen LogP contribution in [0.1, 0.15) is 23.7 Å². The van der Waals surface area contributed by atoms with Gasteiger partial charge in [0.1, 0.15) is 0 Å². The Balaban J connectivity index is 2.03. The Kier molecular flexibility index (Phi) is 3.15. The molecule has 78 valence electrons. The lowest BCUT2D eigenvalue weighted by molar-refractivity contribution is 0.183. The second kappa shape index (κ2) is 4.38. The molecular weight excluding hydrogens is 194 g/mol. The summed E-state index contributed by atoms with van der Waals surface area (Å²) in [5.41, 5.74) is 1.23. The lowest BCUT2D eigenvalue weighted by atomic mass is 10.2. The molecule has 1 aliphatic heterocycles. The largest absolute Gasteiger partial charge is 0.314 e. The van der Waals surface area contributed by atoms with Crippen molar-refractivity contribution in [3.05, 3.63) is 16.1 Å². The zero-order chi connectivity index (χ0) is 9.97. The summed E-state index contributed by atoms with van der Waals surface area (Å²) >= 11 is 1.74.